The molecular weight excluding hydrogens is 229 g/mol. The lowest BCUT2D eigenvalue weighted by Crippen LogP contribution is -2.37. The Labute approximate surface area is 81.8 Å². The highest BCUT2D eigenvalue weighted by atomic mass is 19.4. The maximum absolute atomic E-state index is 12.8. The fourth-order valence-electron chi connectivity index (χ4n) is 0.713. The van der Waals surface area contributed by atoms with E-state index in [1.165, 1.54) is 0 Å². The maximum atomic E-state index is 12.8. The van der Waals surface area contributed by atoms with Gasteiger partial charge in [0.1, 0.15) is 0 Å². The third-order valence-electron chi connectivity index (χ3n) is 1.68. The van der Waals surface area contributed by atoms with Crippen molar-refractivity contribution in [3.63, 3.8) is 0 Å². The first-order valence-corrected chi connectivity index (χ1v) is 3.96. The van der Waals surface area contributed by atoms with Gasteiger partial charge < -0.3 is 0 Å². The van der Waals surface area contributed by atoms with Crippen LogP contribution in [0, 0.1) is 0 Å². The van der Waals surface area contributed by atoms with Gasteiger partial charge in [0, 0.05) is 6.08 Å². The molecule has 0 aliphatic heterocycles. The van der Waals surface area contributed by atoms with Crippen LogP contribution in [0.15, 0.2) is 12.2 Å². The molecule has 90 valence electrons. The maximum Gasteiger partial charge on any atom is 0.422 e. The zero-order valence-electron chi connectivity index (χ0n) is 7.71. The summed E-state index contributed by atoms with van der Waals surface area (Å²) < 4.78 is 82.9. The molecule has 0 radical (unpaired) electrons. The Hall–Kier alpha value is -0.750. The highest BCUT2D eigenvalue weighted by Crippen LogP contribution is 2.37. The van der Waals surface area contributed by atoms with Gasteiger partial charge in [-0.15, -0.1) is 0 Å². The smallest absolute Gasteiger partial charge is 0.234 e. The van der Waals surface area contributed by atoms with Crippen LogP contribution < -0.4 is 0 Å². The van der Waals surface area contributed by atoms with E-state index >= 15 is 0 Å². The number of allylic oxidation sites excluding steroid dienone is 2. The molecule has 1 atom stereocenters. The van der Waals surface area contributed by atoms with Crippen LogP contribution in [-0.2, 0) is 0 Å². The highest BCUT2D eigenvalue weighted by Gasteiger charge is 2.51. The molecule has 0 aromatic carbocycles. The second-order valence-electron chi connectivity index (χ2n) is 3.18. The molecule has 0 aliphatic carbocycles. The molecule has 0 fully saturated rings. The van der Waals surface area contributed by atoms with Crippen LogP contribution in [0.4, 0.5) is 30.7 Å². The van der Waals surface area contributed by atoms with Crippen LogP contribution in [0.3, 0.4) is 0 Å². The highest BCUT2D eigenvalue weighted by molar-refractivity contribution is 4.92. The van der Waals surface area contributed by atoms with Crippen molar-refractivity contribution in [3.05, 3.63) is 12.2 Å². The van der Waals surface area contributed by atoms with E-state index in [2.05, 4.69) is 0 Å². The predicted molar refractivity (Wildman–Crippen MR) is 40.0 cm³/mol. The lowest BCUT2D eigenvalue weighted by Gasteiger charge is -2.22. The van der Waals surface area contributed by atoms with Crippen LogP contribution in [0.1, 0.15) is 19.8 Å². The molecule has 0 aliphatic rings. The van der Waals surface area contributed by atoms with Gasteiger partial charge in [0.15, 0.2) is 0 Å². The first kappa shape index (κ1) is 14.2. The second-order valence-corrected chi connectivity index (χ2v) is 3.18. The second kappa shape index (κ2) is 4.40. The van der Waals surface area contributed by atoms with Crippen molar-refractivity contribution in [1.82, 2.24) is 0 Å². The van der Waals surface area contributed by atoms with E-state index in [0.717, 1.165) is 0 Å². The van der Waals surface area contributed by atoms with Crippen molar-refractivity contribution in [1.29, 1.82) is 0 Å². The number of hydrogen-bond donors (Lipinski definition) is 0. The minimum atomic E-state index is -5.06. The molecule has 0 saturated heterocycles. The van der Waals surface area contributed by atoms with Gasteiger partial charge in [0.25, 0.3) is 0 Å². The van der Waals surface area contributed by atoms with Crippen LogP contribution in [-0.4, -0.2) is 18.0 Å². The van der Waals surface area contributed by atoms with Crippen molar-refractivity contribution in [2.24, 2.45) is 0 Å². The zero-order chi connectivity index (χ0) is 12.3. The molecular formula is C8H9F7. The van der Waals surface area contributed by atoms with Gasteiger partial charge in [0.05, 0.1) is 0 Å². The number of halogens is 7. The van der Waals surface area contributed by atoms with Gasteiger partial charge in [-0.1, -0.05) is 6.08 Å². The molecule has 0 N–H and O–H groups in total. The fourth-order valence-corrected chi connectivity index (χ4v) is 0.713. The topological polar surface area (TPSA) is 0 Å². The number of rotatable bonds is 3. The Balaban J connectivity index is 4.13. The first-order chi connectivity index (χ1) is 6.46. The molecule has 1 unspecified atom stereocenters. The van der Waals surface area contributed by atoms with Crippen molar-refractivity contribution >= 4 is 0 Å². The van der Waals surface area contributed by atoms with Crippen molar-refractivity contribution < 1.29 is 30.7 Å². The molecule has 0 aromatic heterocycles. The molecule has 0 aromatic rings. The van der Waals surface area contributed by atoms with Crippen LogP contribution in [0.2, 0.25) is 0 Å². The minimum absolute atomic E-state index is 0.209. The van der Waals surface area contributed by atoms with Gasteiger partial charge in [-0.25, -0.2) is 4.39 Å². The molecule has 0 nitrogen and oxygen atoms in total. The summed E-state index contributed by atoms with van der Waals surface area (Å²) in [6.07, 6.45) is -11.0. The Kier molecular flexibility index (Phi) is 4.18. The van der Waals surface area contributed by atoms with Crippen molar-refractivity contribution in [2.45, 2.75) is 37.8 Å². The van der Waals surface area contributed by atoms with Crippen LogP contribution in [0.5, 0.6) is 0 Å². The predicted octanol–water partition coefficient (Wildman–Crippen LogP) is 4.18. The molecule has 0 spiro atoms. The Morgan fingerprint density at radius 2 is 1.40 bits per heavy atom. The normalized spacial score (nSPS) is 18.1. The van der Waals surface area contributed by atoms with E-state index in [-0.39, 0.29) is 6.08 Å². The summed E-state index contributed by atoms with van der Waals surface area (Å²) in [6.45, 7) is 0.300. The summed E-state index contributed by atoms with van der Waals surface area (Å²) in [4.78, 5) is 0. The van der Waals surface area contributed by atoms with Gasteiger partial charge in [-0.3, -0.25) is 0 Å². The number of hydrogen-bond acceptors (Lipinski definition) is 0. The van der Waals surface area contributed by atoms with Crippen LogP contribution >= 0.6 is 0 Å². The SMILES string of the molecule is CC(F)(CC/C=C/C(F)(F)F)C(F)(F)F. The standard InChI is InChI=1S/C8H9F7/c1-6(9,8(13,14)15)4-2-3-5-7(10,11)12/h3,5H,2,4H2,1H3/b5-3+. The summed E-state index contributed by atoms with van der Waals surface area (Å²) in [7, 11) is 0. The third kappa shape index (κ3) is 5.64. The van der Waals surface area contributed by atoms with E-state index in [9.17, 15) is 30.7 Å². The summed E-state index contributed by atoms with van der Waals surface area (Å²) in [5, 5.41) is 0. The molecule has 7 heteroatoms. The largest absolute Gasteiger partial charge is 0.422 e. The Morgan fingerprint density at radius 1 is 0.933 bits per heavy atom. The van der Waals surface area contributed by atoms with E-state index in [1.54, 1.807) is 0 Å². The summed E-state index contributed by atoms with van der Waals surface area (Å²) in [5.74, 6) is 0. The van der Waals surface area contributed by atoms with Gasteiger partial charge in [0.2, 0.25) is 5.67 Å². The first-order valence-electron chi connectivity index (χ1n) is 3.96. The van der Waals surface area contributed by atoms with E-state index in [4.69, 9.17) is 0 Å². The minimum Gasteiger partial charge on any atom is -0.234 e. The van der Waals surface area contributed by atoms with Crippen molar-refractivity contribution in [3.8, 4) is 0 Å². The lowest BCUT2D eigenvalue weighted by atomic mass is 10.0. The molecule has 0 rings (SSSR count). The summed E-state index contributed by atoms with van der Waals surface area (Å²) in [5.41, 5.74) is -3.46. The molecule has 0 bridgehead atoms. The Morgan fingerprint density at radius 3 is 1.73 bits per heavy atom. The quantitative estimate of drug-likeness (QED) is 0.511. The van der Waals surface area contributed by atoms with Gasteiger partial charge in [-0.05, 0) is 19.8 Å². The molecule has 0 heterocycles. The van der Waals surface area contributed by atoms with Gasteiger partial charge in [-0.2, -0.15) is 26.3 Å². The molecule has 15 heavy (non-hydrogen) atoms. The third-order valence-corrected chi connectivity index (χ3v) is 1.68. The number of alkyl halides is 7. The summed E-state index contributed by atoms with van der Waals surface area (Å²) >= 11 is 0. The van der Waals surface area contributed by atoms with E-state index in [1.807, 2.05) is 0 Å². The van der Waals surface area contributed by atoms with Gasteiger partial charge >= 0.3 is 12.4 Å². The molecule has 0 saturated carbocycles. The summed E-state index contributed by atoms with van der Waals surface area (Å²) in [6, 6.07) is 0. The van der Waals surface area contributed by atoms with E-state index < -0.39 is 30.9 Å². The Bertz CT molecular complexity index is 220. The average Bonchev–Trinajstić information content (AvgIpc) is 1.94. The average molecular weight is 238 g/mol. The van der Waals surface area contributed by atoms with E-state index in [0.29, 0.717) is 13.0 Å². The van der Waals surface area contributed by atoms with Crippen LogP contribution in [0.25, 0.3) is 0 Å². The lowest BCUT2D eigenvalue weighted by molar-refractivity contribution is -0.225. The fraction of sp³-hybridized carbons (Fsp3) is 0.750. The van der Waals surface area contributed by atoms with Crippen molar-refractivity contribution in [2.75, 3.05) is 0 Å². The zero-order valence-corrected chi connectivity index (χ0v) is 7.71. The monoisotopic (exact) mass is 238 g/mol. The molecule has 0 amide bonds.